The van der Waals surface area contributed by atoms with E-state index < -0.39 is 0 Å². The number of allylic oxidation sites excluding steroid dienone is 1. The number of rotatable bonds is 2. The van der Waals surface area contributed by atoms with Gasteiger partial charge in [-0.05, 0) is 129 Å². The van der Waals surface area contributed by atoms with Crippen LogP contribution in [0.5, 0.6) is 0 Å². The lowest BCUT2D eigenvalue weighted by Crippen LogP contribution is -2.65. The highest BCUT2D eigenvalue weighted by molar-refractivity contribution is 5.94. The average Bonchev–Trinajstić information content (AvgIpc) is 3.31. The van der Waals surface area contributed by atoms with Gasteiger partial charge in [0.2, 0.25) is 0 Å². The van der Waals surface area contributed by atoms with Crippen molar-refractivity contribution in [3.8, 4) is 0 Å². The molecule has 0 bridgehead atoms. The number of nitrogens with one attached hydrogen (secondary N) is 1. The number of aliphatic hydroxyl groups excluding tert-OH is 1. The monoisotopic (exact) mass is 520 g/mol. The summed E-state index contributed by atoms with van der Waals surface area (Å²) in [5.41, 5.74) is 1.50. The Morgan fingerprint density at radius 2 is 1.61 bits per heavy atom. The second-order valence-corrected chi connectivity index (χ2v) is 14.7. The first-order valence-corrected chi connectivity index (χ1v) is 15.5. The normalized spacial score (nSPS) is 44.7. The fourth-order valence-electron chi connectivity index (χ4n) is 11.2. The van der Waals surface area contributed by atoms with Crippen LogP contribution in [0.15, 0.2) is 37.2 Å². The van der Waals surface area contributed by atoms with Crippen molar-refractivity contribution in [3.05, 3.63) is 42.7 Å². The molecule has 1 aromatic heterocycles. The molecule has 0 saturated heterocycles. The molecular weight excluding hydrogens is 468 g/mol. The minimum Gasteiger partial charge on any atom is -0.393 e. The third kappa shape index (κ3) is 4.19. The van der Waals surface area contributed by atoms with Crippen LogP contribution in [-0.4, -0.2) is 27.6 Å². The Morgan fingerprint density at radius 1 is 0.921 bits per heavy atom. The number of carbonyl (C=O) groups is 1. The minimum absolute atomic E-state index is 0.0112. The second kappa shape index (κ2) is 10.1. The van der Waals surface area contributed by atoms with Crippen molar-refractivity contribution in [3.63, 3.8) is 0 Å². The first-order chi connectivity index (χ1) is 18.0. The molecule has 9 atom stereocenters. The lowest BCUT2D eigenvalue weighted by molar-refractivity contribution is -0.211. The van der Waals surface area contributed by atoms with E-state index in [1.165, 1.54) is 51.4 Å². The maximum atomic E-state index is 13.2. The zero-order chi connectivity index (χ0) is 27.3. The molecule has 4 nitrogen and oxygen atoms in total. The van der Waals surface area contributed by atoms with E-state index in [0.29, 0.717) is 22.7 Å². The number of aromatic nitrogens is 1. The number of nitrogens with zero attached hydrogens (tertiary/aromatic N) is 1. The molecule has 6 rings (SSSR count). The fraction of sp³-hybridized carbons (Fsp3) is 0.765. The van der Waals surface area contributed by atoms with E-state index in [9.17, 15) is 9.90 Å². The molecule has 9 unspecified atom stereocenters. The van der Waals surface area contributed by atoms with E-state index in [1.54, 1.807) is 18.5 Å². The molecule has 1 heterocycles. The van der Waals surface area contributed by atoms with Gasteiger partial charge in [0.25, 0.3) is 5.91 Å². The van der Waals surface area contributed by atoms with E-state index in [4.69, 9.17) is 0 Å². The van der Waals surface area contributed by atoms with E-state index >= 15 is 0 Å². The predicted octanol–water partition coefficient (Wildman–Crippen LogP) is 7.58. The first-order valence-electron chi connectivity index (χ1n) is 15.5. The highest BCUT2D eigenvalue weighted by atomic mass is 16.3. The van der Waals surface area contributed by atoms with Crippen molar-refractivity contribution in [1.82, 2.24) is 10.3 Å². The lowest BCUT2D eigenvalue weighted by Gasteiger charge is -2.69. The summed E-state index contributed by atoms with van der Waals surface area (Å²) < 4.78 is 0. The number of aliphatic hydroxyl groups is 1. The number of amides is 1. The van der Waals surface area contributed by atoms with Crippen LogP contribution in [0.25, 0.3) is 0 Å². The largest absolute Gasteiger partial charge is 0.393 e. The number of hydrogen-bond acceptors (Lipinski definition) is 3. The summed E-state index contributed by atoms with van der Waals surface area (Å²) in [6.07, 6.45) is 18.5. The molecule has 0 aliphatic heterocycles. The Hall–Kier alpha value is -1.68. The highest BCUT2D eigenvalue weighted by Gasteiger charge is 2.66. The Kier molecular flexibility index (Phi) is 7.38. The third-order valence-corrected chi connectivity index (χ3v) is 12.8. The topological polar surface area (TPSA) is 62.2 Å². The second-order valence-electron chi connectivity index (χ2n) is 14.7. The molecule has 4 heteroatoms. The van der Waals surface area contributed by atoms with Crippen LogP contribution in [0.4, 0.5) is 0 Å². The maximum Gasteiger partial charge on any atom is 0.251 e. The molecule has 5 fully saturated rings. The predicted molar refractivity (Wildman–Crippen MR) is 155 cm³/mol. The molecule has 5 aliphatic carbocycles. The number of carbonyl (C=O) groups excluding carboxylic acids is 1. The molecule has 38 heavy (non-hydrogen) atoms. The van der Waals surface area contributed by atoms with Crippen LogP contribution >= 0.6 is 0 Å². The van der Waals surface area contributed by atoms with Crippen LogP contribution in [0.1, 0.15) is 116 Å². The molecule has 5 aliphatic rings. The van der Waals surface area contributed by atoms with E-state index in [2.05, 4.69) is 44.6 Å². The maximum absolute atomic E-state index is 13.2. The fourth-order valence-corrected chi connectivity index (χ4v) is 11.2. The van der Waals surface area contributed by atoms with Crippen LogP contribution < -0.4 is 5.32 Å². The molecule has 0 spiro atoms. The SMILES string of the molecule is C=CC.CC1(C)C(O)CCC2(C)C1CCC1(C)C3CCC4(NC(=O)c5ccncc5)CCCC4C3CCC12. The van der Waals surface area contributed by atoms with Crippen molar-refractivity contribution >= 4 is 5.91 Å². The highest BCUT2D eigenvalue weighted by Crippen LogP contribution is 2.72. The molecular formula is C34H52N2O2. The molecule has 1 amide bonds. The average molecular weight is 521 g/mol. The van der Waals surface area contributed by atoms with Crippen LogP contribution in [0, 0.1) is 45.8 Å². The molecule has 210 valence electrons. The number of hydrogen-bond donors (Lipinski definition) is 2. The lowest BCUT2D eigenvalue weighted by atomic mass is 9.36. The van der Waals surface area contributed by atoms with Gasteiger partial charge in [-0.25, -0.2) is 0 Å². The van der Waals surface area contributed by atoms with Gasteiger partial charge in [-0.3, -0.25) is 9.78 Å². The van der Waals surface area contributed by atoms with Gasteiger partial charge < -0.3 is 10.4 Å². The van der Waals surface area contributed by atoms with E-state index in [1.807, 2.05) is 19.1 Å². The summed E-state index contributed by atoms with van der Waals surface area (Å²) >= 11 is 0. The standard InChI is InChI=1S/C31H46N2O2.C3H6/c1-28(2)24-10-15-29(3)22-9-17-31(33-27(35)20-12-18-32-19-13-20)14-5-6-23(31)21(22)7-8-25(29)30(24,4)16-11-26(28)34;1-3-2/h12-13,18-19,21-26,34H,5-11,14-17H2,1-4H3,(H,33,35);3H,1H2,2H3. The Balaban J connectivity index is 0.000000937. The van der Waals surface area contributed by atoms with Crippen molar-refractivity contribution in [2.24, 2.45) is 45.8 Å². The first kappa shape index (κ1) is 27.9. The van der Waals surface area contributed by atoms with Crippen LogP contribution in [0.3, 0.4) is 0 Å². The van der Waals surface area contributed by atoms with Gasteiger partial charge in [0.1, 0.15) is 0 Å². The van der Waals surface area contributed by atoms with E-state index in [-0.39, 0.29) is 23.0 Å². The summed E-state index contributed by atoms with van der Waals surface area (Å²) in [5, 5.41) is 14.5. The quantitative estimate of drug-likeness (QED) is 0.395. The molecule has 0 aromatic carbocycles. The van der Waals surface area contributed by atoms with Crippen molar-refractivity contribution in [2.45, 2.75) is 117 Å². The minimum atomic E-state index is -0.154. The molecule has 5 saturated carbocycles. The Bertz CT molecular complexity index is 1020. The Morgan fingerprint density at radius 3 is 2.32 bits per heavy atom. The van der Waals surface area contributed by atoms with Gasteiger partial charge in [0.05, 0.1) is 6.10 Å². The van der Waals surface area contributed by atoms with Gasteiger partial charge in [-0.1, -0.05) is 40.2 Å². The van der Waals surface area contributed by atoms with Crippen molar-refractivity contribution in [2.75, 3.05) is 0 Å². The Labute approximate surface area is 231 Å². The summed E-state index contributed by atoms with van der Waals surface area (Å²) in [5.74, 6) is 3.63. The van der Waals surface area contributed by atoms with Gasteiger partial charge in [0, 0.05) is 23.5 Å². The molecule has 0 radical (unpaired) electrons. The van der Waals surface area contributed by atoms with Crippen LogP contribution in [-0.2, 0) is 0 Å². The van der Waals surface area contributed by atoms with Crippen LogP contribution in [0.2, 0.25) is 0 Å². The third-order valence-electron chi connectivity index (χ3n) is 12.8. The smallest absolute Gasteiger partial charge is 0.251 e. The summed E-state index contributed by atoms with van der Waals surface area (Å²) in [6, 6.07) is 3.69. The summed E-state index contributed by atoms with van der Waals surface area (Å²) in [7, 11) is 0. The number of fused-ring (bicyclic) bond motifs is 7. The van der Waals surface area contributed by atoms with Crippen molar-refractivity contribution in [1.29, 1.82) is 0 Å². The molecule has 1 aromatic rings. The number of pyridine rings is 1. The summed E-state index contributed by atoms with van der Waals surface area (Å²) in [6.45, 7) is 15.2. The molecule has 2 N–H and O–H groups in total. The zero-order valence-electron chi connectivity index (χ0n) is 24.6. The zero-order valence-corrected chi connectivity index (χ0v) is 24.6. The van der Waals surface area contributed by atoms with Gasteiger partial charge in [0.15, 0.2) is 0 Å². The summed E-state index contributed by atoms with van der Waals surface area (Å²) in [4.78, 5) is 17.3. The van der Waals surface area contributed by atoms with Gasteiger partial charge in [-0.2, -0.15) is 0 Å². The van der Waals surface area contributed by atoms with Gasteiger partial charge in [-0.15, -0.1) is 6.58 Å². The van der Waals surface area contributed by atoms with E-state index in [0.717, 1.165) is 42.6 Å². The van der Waals surface area contributed by atoms with Gasteiger partial charge >= 0.3 is 0 Å². The van der Waals surface area contributed by atoms with Crippen molar-refractivity contribution < 1.29 is 9.90 Å².